The van der Waals surface area contributed by atoms with Gasteiger partial charge in [0.05, 0.1) is 11.6 Å². The maximum Gasteiger partial charge on any atom is 0.259 e. The summed E-state index contributed by atoms with van der Waals surface area (Å²) < 4.78 is 7.52. The van der Waals surface area contributed by atoms with Gasteiger partial charge in [0.1, 0.15) is 11.3 Å². The molecule has 3 aromatic rings. The number of hydrogen-bond acceptors (Lipinski definition) is 4. The van der Waals surface area contributed by atoms with Crippen molar-refractivity contribution in [1.82, 2.24) is 9.47 Å². The number of pyridine rings is 1. The van der Waals surface area contributed by atoms with E-state index < -0.39 is 0 Å². The van der Waals surface area contributed by atoms with Crippen LogP contribution in [0.15, 0.2) is 59.5 Å². The van der Waals surface area contributed by atoms with Crippen LogP contribution >= 0.6 is 0 Å². The van der Waals surface area contributed by atoms with Gasteiger partial charge in [-0.3, -0.25) is 14.4 Å². The van der Waals surface area contributed by atoms with Crippen molar-refractivity contribution in [1.29, 1.82) is 0 Å². The number of Topliss-reactive ketones (excluding diaryl/α,β-unsaturated/α-hetero) is 1. The van der Waals surface area contributed by atoms with Crippen molar-refractivity contribution in [2.45, 2.75) is 32.8 Å². The van der Waals surface area contributed by atoms with Crippen molar-refractivity contribution in [3.63, 3.8) is 0 Å². The highest BCUT2D eigenvalue weighted by atomic mass is 16.5. The number of fused-ring (bicyclic) bond motifs is 1. The zero-order chi connectivity index (χ0) is 22.8. The monoisotopic (exact) mass is 432 g/mol. The number of hydrogen-bond donors (Lipinski definition) is 0. The Labute approximate surface area is 187 Å². The van der Waals surface area contributed by atoms with E-state index in [0.29, 0.717) is 36.2 Å². The molecule has 1 atom stereocenters. The molecule has 1 amide bonds. The molecule has 6 nitrogen and oxygen atoms in total. The van der Waals surface area contributed by atoms with E-state index in [0.717, 1.165) is 11.9 Å². The zero-order valence-electron chi connectivity index (χ0n) is 18.7. The lowest BCUT2D eigenvalue weighted by molar-refractivity contribution is 0.0635. The molecule has 0 N–H and O–H groups in total. The van der Waals surface area contributed by atoms with Gasteiger partial charge in [-0.25, -0.2) is 0 Å². The van der Waals surface area contributed by atoms with Gasteiger partial charge in [-0.15, -0.1) is 0 Å². The molecule has 2 aromatic carbocycles. The van der Waals surface area contributed by atoms with Crippen molar-refractivity contribution in [3.05, 3.63) is 76.1 Å². The van der Waals surface area contributed by atoms with Crippen LogP contribution in [-0.4, -0.2) is 40.4 Å². The predicted octanol–water partition coefficient (Wildman–Crippen LogP) is 4.06. The normalized spacial score (nSPS) is 16.4. The van der Waals surface area contributed by atoms with E-state index in [1.54, 1.807) is 39.9 Å². The largest absolute Gasteiger partial charge is 0.491 e. The number of aromatic nitrogens is 1. The van der Waals surface area contributed by atoms with E-state index in [4.69, 9.17) is 4.74 Å². The number of ether oxygens (including phenoxy) is 1. The third-order valence-corrected chi connectivity index (χ3v) is 5.90. The van der Waals surface area contributed by atoms with Gasteiger partial charge in [-0.2, -0.15) is 0 Å². The number of amides is 1. The molecule has 0 radical (unpaired) electrons. The summed E-state index contributed by atoms with van der Waals surface area (Å²) in [6.07, 6.45) is 3.06. The molecule has 4 rings (SSSR count). The first-order chi connectivity index (χ1) is 15.3. The quantitative estimate of drug-likeness (QED) is 0.570. The topological polar surface area (TPSA) is 68.6 Å². The highest BCUT2D eigenvalue weighted by Gasteiger charge is 2.31. The molecular formula is C26H28N2O4. The lowest BCUT2D eigenvalue weighted by Crippen LogP contribution is -2.43. The van der Waals surface area contributed by atoms with Crippen LogP contribution < -0.4 is 10.2 Å². The lowest BCUT2D eigenvalue weighted by atomic mass is 9.89. The van der Waals surface area contributed by atoms with Gasteiger partial charge in [0, 0.05) is 43.2 Å². The number of nitrogens with zero attached hydrogens (tertiary/aromatic N) is 2. The van der Waals surface area contributed by atoms with Gasteiger partial charge in [0.2, 0.25) is 5.43 Å². The van der Waals surface area contributed by atoms with Crippen molar-refractivity contribution < 1.29 is 14.3 Å². The van der Waals surface area contributed by atoms with E-state index >= 15 is 0 Å². The average molecular weight is 433 g/mol. The van der Waals surface area contributed by atoms with E-state index in [-0.39, 0.29) is 34.7 Å². The summed E-state index contributed by atoms with van der Waals surface area (Å²) in [5.41, 5.74) is 1.25. The van der Waals surface area contributed by atoms with Crippen molar-refractivity contribution in [3.8, 4) is 5.75 Å². The molecule has 1 aromatic heterocycles. The molecule has 0 aliphatic carbocycles. The van der Waals surface area contributed by atoms with E-state index in [9.17, 15) is 14.4 Å². The van der Waals surface area contributed by atoms with Crippen LogP contribution in [-0.2, 0) is 7.05 Å². The van der Waals surface area contributed by atoms with E-state index in [2.05, 4.69) is 0 Å². The molecule has 2 heterocycles. The van der Waals surface area contributed by atoms with Crippen molar-refractivity contribution in [2.24, 2.45) is 13.0 Å². The first-order valence-electron chi connectivity index (χ1n) is 11.0. The molecule has 0 saturated carbocycles. The molecule has 6 heteroatoms. The molecule has 166 valence electrons. The number of likely N-dealkylation sites (tertiary alicyclic amines) is 1. The predicted molar refractivity (Wildman–Crippen MR) is 124 cm³/mol. The maximum absolute atomic E-state index is 13.3. The Morgan fingerprint density at radius 3 is 2.66 bits per heavy atom. The summed E-state index contributed by atoms with van der Waals surface area (Å²) >= 11 is 0. The number of carbonyl (C=O) groups excluding carboxylic acids is 2. The SMILES string of the molecule is CC(C)Oc1cccc(C(=O)[C@H]2CCCN(C(=O)c3cn(C)c4ccccc4c3=O)C2)c1. The number of rotatable bonds is 5. The second-order valence-electron chi connectivity index (χ2n) is 8.65. The van der Waals surface area contributed by atoms with E-state index in [1.807, 2.05) is 45.2 Å². The minimum atomic E-state index is -0.314. The van der Waals surface area contributed by atoms with Crippen LogP contribution in [0.1, 0.15) is 47.4 Å². The van der Waals surface area contributed by atoms with Gasteiger partial charge >= 0.3 is 0 Å². The van der Waals surface area contributed by atoms with Crippen LogP contribution in [0.3, 0.4) is 0 Å². The minimum absolute atomic E-state index is 0.00289. The number of carbonyl (C=O) groups is 2. The lowest BCUT2D eigenvalue weighted by Gasteiger charge is -2.32. The molecule has 0 unspecified atom stereocenters. The summed E-state index contributed by atoms with van der Waals surface area (Å²) in [6.45, 7) is 4.73. The molecule has 1 fully saturated rings. The Kier molecular flexibility index (Phi) is 6.12. The first kappa shape index (κ1) is 21.8. The number of benzene rings is 2. The van der Waals surface area contributed by atoms with Crippen LogP contribution in [0.5, 0.6) is 5.75 Å². The molecule has 1 saturated heterocycles. The molecule has 1 aliphatic rings. The summed E-state index contributed by atoms with van der Waals surface area (Å²) in [5.74, 6) is 0.0504. The molecule has 32 heavy (non-hydrogen) atoms. The third-order valence-electron chi connectivity index (χ3n) is 5.90. The number of piperidine rings is 1. The molecule has 0 bridgehead atoms. The first-order valence-corrected chi connectivity index (χ1v) is 11.0. The molecule has 1 aliphatic heterocycles. The summed E-state index contributed by atoms with van der Waals surface area (Å²) in [7, 11) is 1.83. The standard InChI is InChI=1S/C26H28N2O4/c1-17(2)32-20-10-6-8-18(14-20)24(29)19-9-7-13-28(15-19)26(31)22-16-27(3)23-12-5-4-11-21(23)25(22)30/h4-6,8,10-12,14,16-17,19H,7,9,13,15H2,1-3H3/t19-/m0/s1. The maximum atomic E-state index is 13.3. The Morgan fingerprint density at radius 2 is 1.88 bits per heavy atom. The summed E-state index contributed by atoms with van der Waals surface area (Å²) in [6, 6.07) is 14.5. The van der Waals surface area contributed by atoms with Gasteiger partial charge in [0.15, 0.2) is 5.78 Å². The Hall–Kier alpha value is -3.41. The fourth-order valence-corrected chi connectivity index (χ4v) is 4.37. The Balaban J connectivity index is 1.56. The van der Waals surface area contributed by atoms with Gasteiger partial charge in [0.25, 0.3) is 5.91 Å². The fourth-order valence-electron chi connectivity index (χ4n) is 4.37. The molecule has 0 spiro atoms. The number of aryl methyl sites for hydroxylation is 1. The van der Waals surface area contributed by atoms with Crippen LogP contribution in [0.2, 0.25) is 0 Å². The number of para-hydroxylation sites is 1. The van der Waals surface area contributed by atoms with Crippen molar-refractivity contribution in [2.75, 3.05) is 13.1 Å². The van der Waals surface area contributed by atoms with Gasteiger partial charge in [-0.1, -0.05) is 24.3 Å². The van der Waals surface area contributed by atoms with Crippen LogP contribution in [0.4, 0.5) is 0 Å². The molecular weight excluding hydrogens is 404 g/mol. The Morgan fingerprint density at radius 1 is 1.09 bits per heavy atom. The summed E-state index contributed by atoms with van der Waals surface area (Å²) in [5, 5.41) is 0.521. The Bertz CT molecular complexity index is 1230. The highest BCUT2D eigenvalue weighted by molar-refractivity contribution is 6.00. The van der Waals surface area contributed by atoms with Gasteiger partial charge < -0.3 is 14.2 Å². The van der Waals surface area contributed by atoms with Gasteiger partial charge in [-0.05, 0) is 51.0 Å². The number of ketones is 1. The minimum Gasteiger partial charge on any atom is -0.491 e. The zero-order valence-corrected chi connectivity index (χ0v) is 18.7. The summed E-state index contributed by atoms with van der Waals surface area (Å²) in [4.78, 5) is 41.1. The second kappa shape index (κ2) is 8.99. The third kappa shape index (κ3) is 4.31. The average Bonchev–Trinajstić information content (AvgIpc) is 2.80. The van der Waals surface area contributed by atoms with Crippen molar-refractivity contribution >= 4 is 22.6 Å². The fraction of sp³-hybridized carbons (Fsp3) is 0.346. The highest BCUT2D eigenvalue weighted by Crippen LogP contribution is 2.24. The van der Waals surface area contributed by atoms with Crippen LogP contribution in [0.25, 0.3) is 10.9 Å². The second-order valence-corrected chi connectivity index (χ2v) is 8.65. The van der Waals surface area contributed by atoms with E-state index in [1.165, 1.54) is 0 Å². The van der Waals surface area contributed by atoms with Crippen LogP contribution in [0, 0.1) is 5.92 Å². The smallest absolute Gasteiger partial charge is 0.259 e.